The molecule has 0 aliphatic heterocycles. The van der Waals surface area contributed by atoms with Gasteiger partial charge in [-0.15, -0.1) is 0 Å². The molecular weight excluding hydrogens is 164 g/mol. The van der Waals surface area contributed by atoms with E-state index >= 15 is 0 Å². The van der Waals surface area contributed by atoms with Crippen molar-refractivity contribution in [2.24, 2.45) is 0 Å². The normalized spacial score (nSPS) is 9.73. The maximum absolute atomic E-state index is 8.42. The van der Waals surface area contributed by atoms with E-state index in [9.17, 15) is 0 Å². The maximum atomic E-state index is 8.42. The second-order valence-corrected chi connectivity index (χ2v) is 2.57. The summed E-state index contributed by atoms with van der Waals surface area (Å²) in [5.74, 6) is 0.431. The lowest BCUT2D eigenvalue weighted by atomic mass is 10.1. The van der Waals surface area contributed by atoms with Crippen LogP contribution in [0.1, 0.15) is 12.5 Å². The summed E-state index contributed by atoms with van der Waals surface area (Å²) in [6, 6.07) is 5.17. The van der Waals surface area contributed by atoms with E-state index in [0.717, 1.165) is 12.0 Å². The second-order valence-electron chi connectivity index (χ2n) is 2.16. The van der Waals surface area contributed by atoms with Crippen LogP contribution in [0.2, 0.25) is 5.02 Å². The minimum absolute atomic E-state index is 0.431. The van der Waals surface area contributed by atoms with Gasteiger partial charge in [0.1, 0.15) is 0 Å². The molecule has 0 atom stereocenters. The van der Waals surface area contributed by atoms with E-state index in [0.29, 0.717) is 10.8 Å². The Morgan fingerprint density at radius 2 is 2.27 bits per heavy atom. The van der Waals surface area contributed by atoms with Crippen molar-refractivity contribution in [2.75, 3.05) is 0 Å². The third-order valence-electron chi connectivity index (χ3n) is 1.53. The van der Waals surface area contributed by atoms with E-state index in [1.807, 2.05) is 6.92 Å². The van der Waals surface area contributed by atoms with Gasteiger partial charge in [0.2, 0.25) is 0 Å². The van der Waals surface area contributed by atoms with Crippen LogP contribution in [0.5, 0.6) is 5.75 Å². The molecule has 0 saturated carbocycles. The lowest BCUT2D eigenvalue weighted by Crippen LogP contribution is -1.91. The Labute approximate surface area is 70.3 Å². The molecule has 60 valence electrons. The Morgan fingerprint density at radius 3 is 2.73 bits per heavy atom. The van der Waals surface area contributed by atoms with Crippen LogP contribution in [0.4, 0.5) is 0 Å². The Kier molecular flexibility index (Phi) is 2.74. The quantitative estimate of drug-likeness (QED) is 0.549. The minimum atomic E-state index is 0.431. The molecule has 1 aromatic rings. The summed E-state index contributed by atoms with van der Waals surface area (Å²) in [5, 5.41) is 9.04. The molecule has 0 aliphatic carbocycles. The SMILES string of the molecule is CCc1c(Cl)cccc1OO. The van der Waals surface area contributed by atoms with Crippen LogP contribution in [0.25, 0.3) is 0 Å². The molecule has 0 bridgehead atoms. The average molecular weight is 173 g/mol. The standard InChI is InChI=1S/C8H9ClO2/c1-2-6-7(9)4-3-5-8(6)11-10/h3-5,10H,2H2,1H3. The Bertz CT molecular complexity index is 248. The molecule has 0 unspecified atom stereocenters. The summed E-state index contributed by atoms with van der Waals surface area (Å²) in [5.41, 5.74) is 0.830. The topological polar surface area (TPSA) is 29.5 Å². The van der Waals surface area contributed by atoms with Crippen molar-refractivity contribution in [2.45, 2.75) is 13.3 Å². The van der Waals surface area contributed by atoms with Crippen LogP contribution in [-0.2, 0) is 6.42 Å². The van der Waals surface area contributed by atoms with Crippen LogP contribution >= 0.6 is 11.6 Å². The summed E-state index contributed by atoms with van der Waals surface area (Å²) in [6.07, 6.45) is 0.746. The van der Waals surface area contributed by atoms with E-state index < -0.39 is 0 Å². The Balaban J connectivity index is 3.13. The first-order valence-electron chi connectivity index (χ1n) is 3.38. The van der Waals surface area contributed by atoms with Gasteiger partial charge in [0, 0.05) is 10.6 Å². The molecule has 0 heterocycles. The first-order chi connectivity index (χ1) is 5.29. The lowest BCUT2D eigenvalue weighted by molar-refractivity contribution is -0.138. The van der Waals surface area contributed by atoms with Gasteiger partial charge in [0.15, 0.2) is 5.75 Å². The fourth-order valence-electron chi connectivity index (χ4n) is 0.968. The molecule has 0 radical (unpaired) electrons. The maximum Gasteiger partial charge on any atom is 0.169 e. The van der Waals surface area contributed by atoms with Gasteiger partial charge in [0.25, 0.3) is 0 Å². The minimum Gasteiger partial charge on any atom is -0.340 e. The van der Waals surface area contributed by atoms with Crippen molar-refractivity contribution in [3.63, 3.8) is 0 Å². The van der Waals surface area contributed by atoms with Crippen molar-refractivity contribution < 1.29 is 10.1 Å². The van der Waals surface area contributed by atoms with Crippen molar-refractivity contribution in [3.8, 4) is 5.75 Å². The van der Waals surface area contributed by atoms with Crippen LogP contribution in [0, 0.1) is 0 Å². The molecule has 2 nitrogen and oxygen atoms in total. The van der Waals surface area contributed by atoms with Crippen molar-refractivity contribution in [1.29, 1.82) is 0 Å². The predicted molar refractivity (Wildman–Crippen MR) is 44.1 cm³/mol. The molecule has 0 spiro atoms. The first-order valence-corrected chi connectivity index (χ1v) is 3.76. The second kappa shape index (κ2) is 3.60. The number of benzene rings is 1. The Hall–Kier alpha value is -0.730. The molecule has 0 aromatic heterocycles. The molecule has 0 aliphatic rings. The van der Waals surface area contributed by atoms with Gasteiger partial charge in [0.05, 0.1) is 0 Å². The predicted octanol–water partition coefficient (Wildman–Crippen LogP) is 2.75. The number of hydrogen-bond donors (Lipinski definition) is 1. The largest absolute Gasteiger partial charge is 0.340 e. The molecule has 0 fully saturated rings. The average Bonchev–Trinajstić information content (AvgIpc) is 2.04. The Morgan fingerprint density at radius 1 is 1.55 bits per heavy atom. The summed E-state index contributed by atoms with van der Waals surface area (Å²) in [7, 11) is 0. The van der Waals surface area contributed by atoms with Gasteiger partial charge in [-0.25, -0.2) is 5.26 Å². The molecule has 0 saturated heterocycles. The van der Waals surface area contributed by atoms with Gasteiger partial charge in [-0.05, 0) is 18.6 Å². The van der Waals surface area contributed by atoms with Crippen LogP contribution in [0.3, 0.4) is 0 Å². The van der Waals surface area contributed by atoms with Gasteiger partial charge in [-0.1, -0.05) is 24.6 Å². The highest BCUT2D eigenvalue weighted by molar-refractivity contribution is 6.31. The molecule has 1 N–H and O–H groups in total. The zero-order valence-corrected chi connectivity index (χ0v) is 6.93. The summed E-state index contributed by atoms with van der Waals surface area (Å²) in [6.45, 7) is 1.95. The lowest BCUT2D eigenvalue weighted by Gasteiger charge is -2.04. The highest BCUT2D eigenvalue weighted by atomic mass is 35.5. The number of rotatable bonds is 2. The van der Waals surface area contributed by atoms with Gasteiger partial charge in [-0.2, -0.15) is 0 Å². The molecule has 1 aromatic carbocycles. The van der Waals surface area contributed by atoms with Crippen molar-refractivity contribution >= 4 is 11.6 Å². The zero-order valence-electron chi connectivity index (χ0n) is 6.17. The number of hydrogen-bond acceptors (Lipinski definition) is 2. The number of halogens is 1. The van der Waals surface area contributed by atoms with Gasteiger partial charge < -0.3 is 4.89 Å². The first kappa shape index (κ1) is 8.37. The van der Waals surface area contributed by atoms with Crippen LogP contribution < -0.4 is 4.89 Å². The third kappa shape index (κ3) is 1.64. The van der Waals surface area contributed by atoms with Gasteiger partial charge in [-0.3, -0.25) is 0 Å². The monoisotopic (exact) mass is 172 g/mol. The smallest absolute Gasteiger partial charge is 0.169 e. The van der Waals surface area contributed by atoms with Crippen LogP contribution in [0.15, 0.2) is 18.2 Å². The molecule has 11 heavy (non-hydrogen) atoms. The molecule has 1 rings (SSSR count). The summed E-state index contributed by atoms with van der Waals surface area (Å²) in [4.78, 5) is 4.13. The van der Waals surface area contributed by atoms with Crippen molar-refractivity contribution in [1.82, 2.24) is 0 Å². The van der Waals surface area contributed by atoms with Crippen molar-refractivity contribution in [3.05, 3.63) is 28.8 Å². The van der Waals surface area contributed by atoms with E-state index in [-0.39, 0.29) is 0 Å². The van der Waals surface area contributed by atoms with Crippen LogP contribution in [-0.4, -0.2) is 5.26 Å². The fraction of sp³-hybridized carbons (Fsp3) is 0.250. The highest BCUT2D eigenvalue weighted by Crippen LogP contribution is 2.25. The van der Waals surface area contributed by atoms with E-state index in [1.165, 1.54) is 0 Å². The molecular formula is C8H9ClO2. The van der Waals surface area contributed by atoms with E-state index in [1.54, 1.807) is 18.2 Å². The van der Waals surface area contributed by atoms with E-state index in [4.69, 9.17) is 16.9 Å². The third-order valence-corrected chi connectivity index (χ3v) is 1.88. The summed E-state index contributed by atoms with van der Waals surface area (Å²) >= 11 is 5.82. The molecule has 3 heteroatoms. The highest BCUT2D eigenvalue weighted by Gasteiger charge is 2.04. The zero-order chi connectivity index (χ0) is 8.27. The van der Waals surface area contributed by atoms with E-state index in [2.05, 4.69) is 4.89 Å². The molecule has 0 amide bonds. The summed E-state index contributed by atoms with van der Waals surface area (Å²) < 4.78 is 0. The van der Waals surface area contributed by atoms with Gasteiger partial charge >= 0.3 is 0 Å². The fourth-order valence-corrected chi connectivity index (χ4v) is 1.27.